The van der Waals surface area contributed by atoms with Gasteiger partial charge >= 0.3 is 0 Å². The molecule has 0 unspecified atom stereocenters. The molecular weight excluding hydrogens is 156 g/mol. The summed E-state index contributed by atoms with van der Waals surface area (Å²) in [6.45, 7) is 6.81. The Balaban J connectivity index is 2.84. The molecule has 0 aliphatic rings. The predicted molar refractivity (Wildman–Crippen MR) is 61.7 cm³/mol. The molecule has 0 heteroatoms. The fourth-order valence-corrected chi connectivity index (χ4v) is 1.55. The number of rotatable bonds is 9. The van der Waals surface area contributed by atoms with Gasteiger partial charge < -0.3 is 0 Å². The monoisotopic (exact) mass is 183 g/mol. The van der Waals surface area contributed by atoms with Crippen LogP contribution in [0.2, 0.25) is 0 Å². The van der Waals surface area contributed by atoms with Gasteiger partial charge in [-0.3, -0.25) is 0 Å². The average Bonchev–Trinajstić information content (AvgIpc) is 2.09. The molecular formula is C13H27. The van der Waals surface area contributed by atoms with Crippen molar-refractivity contribution in [2.24, 2.45) is 5.92 Å². The molecule has 0 amide bonds. The molecule has 0 bridgehead atoms. The van der Waals surface area contributed by atoms with Crippen LogP contribution in [0.3, 0.4) is 0 Å². The lowest BCUT2D eigenvalue weighted by Gasteiger charge is -2.03. The first-order valence-electron chi connectivity index (χ1n) is 6.10. The van der Waals surface area contributed by atoms with Gasteiger partial charge in [0.15, 0.2) is 0 Å². The fraction of sp³-hybridized carbons (Fsp3) is 0.923. The van der Waals surface area contributed by atoms with Gasteiger partial charge in [-0.05, 0) is 18.8 Å². The summed E-state index contributed by atoms with van der Waals surface area (Å²) in [6.07, 6.45) is 13.7. The number of hydrogen-bond acceptors (Lipinski definition) is 0. The Bertz CT molecular complexity index is 84.0. The van der Waals surface area contributed by atoms with Crippen LogP contribution in [-0.4, -0.2) is 0 Å². The van der Waals surface area contributed by atoms with E-state index >= 15 is 0 Å². The van der Waals surface area contributed by atoms with Crippen LogP contribution in [0, 0.1) is 12.3 Å². The van der Waals surface area contributed by atoms with E-state index in [1.807, 2.05) is 0 Å². The van der Waals surface area contributed by atoms with E-state index in [1.165, 1.54) is 51.4 Å². The normalized spacial score (nSPS) is 11.1. The maximum atomic E-state index is 2.44. The van der Waals surface area contributed by atoms with E-state index in [1.54, 1.807) is 0 Å². The van der Waals surface area contributed by atoms with Crippen LogP contribution in [0.15, 0.2) is 0 Å². The van der Waals surface area contributed by atoms with Gasteiger partial charge in [0.05, 0.1) is 0 Å². The average molecular weight is 183 g/mol. The second kappa shape index (κ2) is 10.1. The zero-order chi connectivity index (χ0) is 9.94. The van der Waals surface area contributed by atoms with Crippen molar-refractivity contribution in [3.05, 3.63) is 6.42 Å². The van der Waals surface area contributed by atoms with Gasteiger partial charge in [-0.15, -0.1) is 0 Å². The van der Waals surface area contributed by atoms with Crippen molar-refractivity contribution in [3.8, 4) is 0 Å². The van der Waals surface area contributed by atoms with Crippen molar-refractivity contribution in [1.82, 2.24) is 0 Å². The van der Waals surface area contributed by atoms with E-state index in [9.17, 15) is 0 Å². The van der Waals surface area contributed by atoms with Crippen molar-refractivity contribution in [2.75, 3.05) is 0 Å². The maximum absolute atomic E-state index is 2.44. The molecule has 13 heavy (non-hydrogen) atoms. The second-order valence-corrected chi connectivity index (χ2v) is 4.39. The van der Waals surface area contributed by atoms with Crippen molar-refractivity contribution in [3.63, 3.8) is 0 Å². The van der Waals surface area contributed by atoms with Gasteiger partial charge in [0, 0.05) is 0 Å². The number of unbranched alkanes of at least 4 members (excludes halogenated alkanes) is 7. The highest BCUT2D eigenvalue weighted by atomic mass is 14.0. The Morgan fingerprint density at radius 2 is 1.38 bits per heavy atom. The number of hydrogen-bond donors (Lipinski definition) is 0. The lowest BCUT2D eigenvalue weighted by atomic mass is 10.0. The summed E-state index contributed by atoms with van der Waals surface area (Å²) < 4.78 is 0. The minimum absolute atomic E-state index is 0.778. The van der Waals surface area contributed by atoms with E-state index < -0.39 is 0 Å². The van der Waals surface area contributed by atoms with Crippen molar-refractivity contribution in [2.45, 2.75) is 72.1 Å². The molecule has 0 spiro atoms. The van der Waals surface area contributed by atoms with Crippen molar-refractivity contribution < 1.29 is 0 Å². The largest absolute Gasteiger partial charge is 0.0654 e. The first-order valence-corrected chi connectivity index (χ1v) is 6.10. The molecule has 0 saturated heterocycles. The fourth-order valence-electron chi connectivity index (χ4n) is 1.55. The van der Waals surface area contributed by atoms with Crippen molar-refractivity contribution in [1.29, 1.82) is 0 Å². The van der Waals surface area contributed by atoms with Crippen LogP contribution in [-0.2, 0) is 0 Å². The Morgan fingerprint density at radius 1 is 0.846 bits per heavy atom. The standard InChI is InChI=1S/C13H27/c1-4-5-6-7-8-9-10-11-12-13(2)3/h12-13H,4-11H2,1-3H3. The van der Waals surface area contributed by atoms with Gasteiger partial charge in [-0.25, -0.2) is 0 Å². The van der Waals surface area contributed by atoms with Crippen LogP contribution >= 0.6 is 0 Å². The zero-order valence-electron chi connectivity index (χ0n) is 9.81. The minimum Gasteiger partial charge on any atom is -0.0654 e. The molecule has 0 aromatic rings. The van der Waals surface area contributed by atoms with E-state index in [0.29, 0.717) is 0 Å². The summed E-state index contributed by atoms with van der Waals surface area (Å²) in [5.74, 6) is 0.778. The molecule has 0 nitrogen and oxygen atoms in total. The third-order valence-electron chi connectivity index (χ3n) is 2.45. The molecule has 0 rings (SSSR count). The SMILES string of the molecule is CCCCCCCCC[CH]C(C)C. The topological polar surface area (TPSA) is 0 Å². The van der Waals surface area contributed by atoms with E-state index in [-0.39, 0.29) is 0 Å². The first-order chi connectivity index (χ1) is 6.27. The molecule has 0 atom stereocenters. The van der Waals surface area contributed by atoms with Gasteiger partial charge in [0.25, 0.3) is 0 Å². The third-order valence-corrected chi connectivity index (χ3v) is 2.45. The molecule has 0 aliphatic heterocycles. The summed E-state index contributed by atoms with van der Waals surface area (Å²) in [6, 6.07) is 0. The highest BCUT2D eigenvalue weighted by Crippen LogP contribution is 2.11. The van der Waals surface area contributed by atoms with Crippen LogP contribution in [0.25, 0.3) is 0 Å². The van der Waals surface area contributed by atoms with Gasteiger partial charge in [-0.1, -0.05) is 65.7 Å². The van der Waals surface area contributed by atoms with Crippen LogP contribution < -0.4 is 0 Å². The van der Waals surface area contributed by atoms with Gasteiger partial charge in [-0.2, -0.15) is 0 Å². The lowest BCUT2D eigenvalue weighted by molar-refractivity contribution is 0.574. The van der Waals surface area contributed by atoms with Crippen LogP contribution in [0.4, 0.5) is 0 Å². The van der Waals surface area contributed by atoms with E-state index in [0.717, 1.165) is 5.92 Å². The highest BCUT2D eigenvalue weighted by Gasteiger charge is 1.94. The summed E-state index contributed by atoms with van der Waals surface area (Å²) in [5.41, 5.74) is 0. The summed E-state index contributed by atoms with van der Waals surface area (Å²) in [4.78, 5) is 0. The second-order valence-electron chi connectivity index (χ2n) is 4.39. The Labute approximate surface area is 85.1 Å². The molecule has 0 saturated carbocycles. The van der Waals surface area contributed by atoms with Gasteiger partial charge in [0.1, 0.15) is 0 Å². The molecule has 0 aliphatic carbocycles. The molecule has 0 heterocycles. The molecule has 0 aromatic heterocycles. The molecule has 0 N–H and O–H groups in total. The third kappa shape index (κ3) is 12.0. The lowest BCUT2D eigenvalue weighted by Crippen LogP contribution is -1.88. The van der Waals surface area contributed by atoms with Gasteiger partial charge in [0.2, 0.25) is 0 Å². The van der Waals surface area contributed by atoms with Crippen molar-refractivity contribution >= 4 is 0 Å². The summed E-state index contributed by atoms with van der Waals surface area (Å²) >= 11 is 0. The van der Waals surface area contributed by atoms with E-state index in [4.69, 9.17) is 0 Å². The summed E-state index contributed by atoms with van der Waals surface area (Å²) in [5, 5.41) is 0. The first kappa shape index (κ1) is 13.0. The molecule has 0 fully saturated rings. The van der Waals surface area contributed by atoms with Crippen LogP contribution in [0.5, 0.6) is 0 Å². The highest BCUT2D eigenvalue weighted by molar-refractivity contribution is 4.67. The predicted octanol–water partition coefficient (Wildman–Crippen LogP) is 4.99. The summed E-state index contributed by atoms with van der Waals surface area (Å²) in [7, 11) is 0. The smallest absolute Gasteiger partial charge is 0.0360 e. The maximum Gasteiger partial charge on any atom is -0.0360 e. The Morgan fingerprint density at radius 3 is 1.92 bits per heavy atom. The minimum atomic E-state index is 0.778. The van der Waals surface area contributed by atoms with E-state index in [2.05, 4.69) is 27.2 Å². The van der Waals surface area contributed by atoms with Crippen LogP contribution in [0.1, 0.15) is 72.1 Å². The zero-order valence-corrected chi connectivity index (χ0v) is 9.81. The quantitative estimate of drug-likeness (QED) is 0.442. The molecule has 79 valence electrons. The molecule has 1 radical (unpaired) electrons. The molecule has 0 aromatic carbocycles. The Hall–Kier alpha value is 0. The Kier molecular flexibility index (Phi) is 10.1.